The molecule has 0 bridgehead atoms. The number of carbonyl (C=O) groups is 3. The van der Waals surface area contributed by atoms with Crippen LogP contribution in [0, 0.1) is 5.92 Å². The molecule has 0 aromatic heterocycles. The summed E-state index contributed by atoms with van der Waals surface area (Å²) in [4.78, 5) is 36.1. The summed E-state index contributed by atoms with van der Waals surface area (Å²) in [7, 11) is 2.51. The highest BCUT2D eigenvalue weighted by molar-refractivity contribution is 5.97. The van der Waals surface area contributed by atoms with Crippen LogP contribution in [0.5, 0.6) is 0 Å². The minimum absolute atomic E-state index is 0.0905. The number of esters is 2. The third-order valence-corrected chi connectivity index (χ3v) is 4.24. The van der Waals surface area contributed by atoms with Gasteiger partial charge in [0.2, 0.25) is 0 Å². The van der Waals surface area contributed by atoms with Gasteiger partial charge in [-0.15, -0.1) is 0 Å². The average molecular weight is 369 g/mol. The van der Waals surface area contributed by atoms with Crippen LogP contribution in [-0.2, 0) is 19.1 Å². The first-order valence-electron chi connectivity index (χ1n) is 8.58. The summed E-state index contributed by atoms with van der Waals surface area (Å²) in [5.41, 5.74) is 2.44. The van der Waals surface area contributed by atoms with Gasteiger partial charge < -0.3 is 14.8 Å². The molecule has 0 saturated carbocycles. The van der Waals surface area contributed by atoms with E-state index in [1.807, 2.05) is 42.5 Å². The molecule has 0 unspecified atom stereocenters. The molecule has 2 aromatic rings. The van der Waals surface area contributed by atoms with Crippen LogP contribution in [0.3, 0.4) is 0 Å². The van der Waals surface area contributed by atoms with Crippen LogP contribution >= 0.6 is 0 Å². The molecule has 0 aliphatic heterocycles. The van der Waals surface area contributed by atoms with E-state index in [9.17, 15) is 14.4 Å². The van der Waals surface area contributed by atoms with E-state index < -0.39 is 29.8 Å². The Morgan fingerprint density at radius 2 is 1.41 bits per heavy atom. The van der Waals surface area contributed by atoms with Gasteiger partial charge >= 0.3 is 11.9 Å². The van der Waals surface area contributed by atoms with Crippen LogP contribution < -0.4 is 5.32 Å². The van der Waals surface area contributed by atoms with Crippen molar-refractivity contribution in [3.63, 3.8) is 0 Å². The second kappa shape index (κ2) is 9.52. The van der Waals surface area contributed by atoms with Gasteiger partial charge in [0.1, 0.15) is 6.04 Å². The Balaban J connectivity index is 2.10. The highest BCUT2D eigenvalue weighted by atomic mass is 16.5. The summed E-state index contributed by atoms with van der Waals surface area (Å²) < 4.78 is 9.40. The molecule has 27 heavy (non-hydrogen) atoms. The third-order valence-electron chi connectivity index (χ3n) is 4.24. The summed E-state index contributed by atoms with van der Waals surface area (Å²) in [6.45, 7) is 1.63. The molecule has 2 atom stereocenters. The first kappa shape index (κ1) is 20.2. The van der Waals surface area contributed by atoms with Crippen LogP contribution in [0.4, 0.5) is 0 Å². The van der Waals surface area contributed by atoms with Gasteiger partial charge in [-0.1, -0.05) is 49.4 Å². The molecule has 6 heteroatoms. The maximum absolute atomic E-state index is 12.5. The number of hydrogen-bond donors (Lipinski definition) is 1. The highest BCUT2D eigenvalue weighted by Crippen LogP contribution is 2.19. The van der Waals surface area contributed by atoms with Crippen LogP contribution in [0.15, 0.2) is 54.6 Å². The number of amides is 1. The number of benzene rings is 2. The van der Waals surface area contributed by atoms with E-state index in [4.69, 9.17) is 4.74 Å². The molecule has 0 heterocycles. The summed E-state index contributed by atoms with van der Waals surface area (Å²) >= 11 is 0. The number of carbonyl (C=O) groups excluding carboxylic acids is 3. The Morgan fingerprint density at radius 1 is 0.852 bits per heavy atom. The fourth-order valence-electron chi connectivity index (χ4n) is 2.69. The van der Waals surface area contributed by atoms with Gasteiger partial charge in [-0.25, -0.2) is 4.79 Å². The zero-order valence-electron chi connectivity index (χ0n) is 15.6. The summed E-state index contributed by atoms with van der Waals surface area (Å²) in [6.07, 6.45) is 0.0905. The van der Waals surface area contributed by atoms with E-state index in [1.165, 1.54) is 14.2 Å². The van der Waals surface area contributed by atoms with Gasteiger partial charge in [0.15, 0.2) is 0 Å². The normalized spacial score (nSPS) is 12.6. The zero-order chi connectivity index (χ0) is 19.8. The Hall–Kier alpha value is -3.15. The zero-order valence-corrected chi connectivity index (χ0v) is 15.6. The lowest BCUT2D eigenvalue weighted by Gasteiger charge is -2.19. The fourth-order valence-corrected chi connectivity index (χ4v) is 2.69. The molecule has 0 fully saturated rings. The summed E-state index contributed by atoms with van der Waals surface area (Å²) in [5.74, 6) is -2.03. The number of rotatable bonds is 7. The van der Waals surface area contributed by atoms with Crippen molar-refractivity contribution in [2.24, 2.45) is 5.92 Å². The van der Waals surface area contributed by atoms with E-state index in [2.05, 4.69) is 10.1 Å². The van der Waals surface area contributed by atoms with Crippen molar-refractivity contribution < 1.29 is 23.9 Å². The molecule has 6 nitrogen and oxygen atoms in total. The van der Waals surface area contributed by atoms with Crippen molar-refractivity contribution in [3.05, 3.63) is 60.2 Å². The largest absolute Gasteiger partial charge is 0.469 e. The first-order chi connectivity index (χ1) is 13.0. The van der Waals surface area contributed by atoms with Crippen molar-refractivity contribution in [2.45, 2.75) is 19.4 Å². The van der Waals surface area contributed by atoms with Crippen LogP contribution in [0.25, 0.3) is 11.1 Å². The molecule has 0 aliphatic rings. The Labute approximate surface area is 158 Å². The van der Waals surface area contributed by atoms with Gasteiger partial charge in [0, 0.05) is 5.56 Å². The van der Waals surface area contributed by atoms with E-state index >= 15 is 0 Å². The van der Waals surface area contributed by atoms with Crippen molar-refractivity contribution in [1.29, 1.82) is 0 Å². The van der Waals surface area contributed by atoms with Crippen molar-refractivity contribution in [2.75, 3.05) is 14.2 Å². The van der Waals surface area contributed by atoms with Gasteiger partial charge in [0.05, 0.1) is 20.1 Å². The number of ether oxygens (including phenoxy) is 2. The third kappa shape index (κ3) is 5.41. The fraction of sp³-hybridized carbons (Fsp3) is 0.286. The van der Waals surface area contributed by atoms with Crippen molar-refractivity contribution in [3.8, 4) is 11.1 Å². The van der Waals surface area contributed by atoms with Gasteiger partial charge in [-0.05, 0) is 29.7 Å². The van der Waals surface area contributed by atoms with Gasteiger partial charge in [0.25, 0.3) is 5.91 Å². The molecule has 2 rings (SSSR count). The predicted molar refractivity (Wildman–Crippen MR) is 101 cm³/mol. The first-order valence-corrected chi connectivity index (χ1v) is 8.58. The number of methoxy groups -OCH3 is 2. The number of nitrogens with one attached hydrogen (secondary N) is 1. The smallest absolute Gasteiger partial charge is 0.328 e. The lowest BCUT2D eigenvalue weighted by Crippen LogP contribution is -2.43. The SMILES string of the molecule is COC(=O)[C@@H](C)C[C@@H](NC(=O)c1ccc(-c2ccccc2)cc1)C(=O)OC. The van der Waals surface area contributed by atoms with Gasteiger partial charge in [-0.3, -0.25) is 9.59 Å². The average Bonchev–Trinajstić information content (AvgIpc) is 2.72. The molecule has 0 spiro atoms. The van der Waals surface area contributed by atoms with E-state index in [1.54, 1.807) is 19.1 Å². The maximum Gasteiger partial charge on any atom is 0.328 e. The molecule has 0 saturated heterocycles. The van der Waals surface area contributed by atoms with E-state index in [-0.39, 0.29) is 6.42 Å². The topological polar surface area (TPSA) is 81.7 Å². The standard InChI is InChI=1S/C21H23NO5/c1-14(20(24)26-2)13-18(21(25)27-3)22-19(23)17-11-9-16(10-12-17)15-7-5-4-6-8-15/h4-12,14,18H,13H2,1-3H3,(H,22,23)/t14-,18+/m0/s1. The van der Waals surface area contributed by atoms with E-state index in [0.717, 1.165) is 11.1 Å². The van der Waals surface area contributed by atoms with Crippen molar-refractivity contribution >= 4 is 17.8 Å². The lowest BCUT2D eigenvalue weighted by molar-refractivity contribution is -0.147. The molecule has 2 aromatic carbocycles. The second-order valence-corrected chi connectivity index (χ2v) is 6.15. The molecule has 1 N–H and O–H groups in total. The lowest BCUT2D eigenvalue weighted by atomic mass is 10.0. The quantitative estimate of drug-likeness (QED) is 0.759. The van der Waals surface area contributed by atoms with Crippen molar-refractivity contribution in [1.82, 2.24) is 5.32 Å². The Bertz CT molecular complexity index is 786. The number of hydrogen-bond acceptors (Lipinski definition) is 5. The van der Waals surface area contributed by atoms with Crippen LogP contribution in [0.2, 0.25) is 0 Å². The molecular formula is C21H23NO5. The predicted octanol–water partition coefficient (Wildman–Crippen LogP) is 2.82. The monoisotopic (exact) mass is 369 g/mol. The molecule has 1 amide bonds. The summed E-state index contributed by atoms with van der Waals surface area (Å²) in [5, 5.41) is 2.63. The minimum Gasteiger partial charge on any atom is -0.469 e. The maximum atomic E-state index is 12.5. The minimum atomic E-state index is -0.939. The molecular weight excluding hydrogens is 346 g/mol. The van der Waals surface area contributed by atoms with E-state index in [0.29, 0.717) is 5.56 Å². The molecule has 0 radical (unpaired) electrons. The molecule has 142 valence electrons. The Kier molecular flexibility index (Phi) is 7.11. The van der Waals surface area contributed by atoms with Crippen LogP contribution in [-0.4, -0.2) is 38.1 Å². The summed E-state index contributed by atoms with van der Waals surface area (Å²) in [6, 6.07) is 15.9. The highest BCUT2D eigenvalue weighted by Gasteiger charge is 2.27. The Morgan fingerprint density at radius 3 is 1.96 bits per heavy atom. The van der Waals surface area contributed by atoms with Gasteiger partial charge in [-0.2, -0.15) is 0 Å². The van der Waals surface area contributed by atoms with Crippen LogP contribution in [0.1, 0.15) is 23.7 Å². The second-order valence-electron chi connectivity index (χ2n) is 6.15. The molecule has 0 aliphatic carbocycles.